The first kappa shape index (κ1) is 14.2. The van der Waals surface area contributed by atoms with E-state index in [2.05, 4.69) is 34.5 Å². The summed E-state index contributed by atoms with van der Waals surface area (Å²) in [6.07, 6.45) is 4.18. The predicted molar refractivity (Wildman–Crippen MR) is 84.5 cm³/mol. The lowest BCUT2D eigenvalue weighted by Gasteiger charge is -2.34. The maximum Gasteiger partial charge on any atom is 0.240 e. The Balaban J connectivity index is 1.43. The minimum absolute atomic E-state index is 0.0510. The molecule has 1 spiro atoms. The van der Waals surface area contributed by atoms with Crippen molar-refractivity contribution in [3.8, 4) is 0 Å². The van der Waals surface area contributed by atoms with Gasteiger partial charge in [0.1, 0.15) is 0 Å². The SMILES string of the molecule is O=C(C1Cc2ccccc2CN1)N1CCC2(CCOCC2)C1. The molecular formula is C18H24N2O2. The first-order chi connectivity index (χ1) is 10.8. The topological polar surface area (TPSA) is 41.6 Å². The second-order valence-electron chi connectivity index (χ2n) is 7.03. The summed E-state index contributed by atoms with van der Waals surface area (Å²) in [6, 6.07) is 8.39. The lowest BCUT2D eigenvalue weighted by atomic mass is 9.80. The summed E-state index contributed by atoms with van der Waals surface area (Å²) in [6.45, 7) is 4.36. The fraction of sp³-hybridized carbons (Fsp3) is 0.611. The second-order valence-corrected chi connectivity index (χ2v) is 7.03. The zero-order valence-corrected chi connectivity index (χ0v) is 13.0. The van der Waals surface area contributed by atoms with E-state index in [-0.39, 0.29) is 11.9 Å². The van der Waals surface area contributed by atoms with Crippen LogP contribution in [0.15, 0.2) is 24.3 Å². The molecule has 1 aromatic carbocycles. The summed E-state index contributed by atoms with van der Waals surface area (Å²) in [5.74, 6) is 0.290. The van der Waals surface area contributed by atoms with E-state index in [9.17, 15) is 4.79 Å². The van der Waals surface area contributed by atoms with Gasteiger partial charge in [0.05, 0.1) is 6.04 Å². The Labute approximate surface area is 131 Å². The molecule has 118 valence electrons. The summed E-state index contributed by atoms with van der Waals surface area (Å²) in [5.41, 5.74) is 2.98. The van der Waals surface area contributed by atoms with Crippen LogP contribution in [0.3, 0.4) is 0 Å². The van der Waals surface area contributed by atoms with Gasteiger partial charge in [0.25, 0.3) is 0 Å². The highest BCUT2D eigenvalue weighted by atomic mass is 16.5. The van der Waals surface area contributed by atoms with Gasteiger partial charge >= 0.3 is 0 Å². The Morgan fingerprint density at radius 3 is 2.77 bits per heavy atom. The molecule has 1 amide bonds. The molecular weight excluding hydrogens is 276 g/mol. The van der Waals surface area contributed by atoms with Crippen molar-refractivity contribution >= 4 is 5.91 Å². The smallest absolute Gasteiger partial charge is 0.240 e. The molecule has 1 N–H and O–H groups in total. The molecule has 1 atom stereocenters. The van der Waals surface area contributed by atoms with E-state index in [1.165, 1.54) is 11.1 Å². The molecule has 3 aliphatic heterocycles. The van der Waals surface area contributed by atoms with Gasteiger partial charge < -0.3 is 15.0 Å². The summed E-state index contributed by atoms with van der Waals surface area (Å²) < 4.78 is 5.49. The second kappa shape index (κ2) is 5.67. The van der Waals surface area contributed by atoms with Crippen LogP contribution in [0.4, 0.5) is 0 Å². The summed E-state index contributed by atoms with van der Waals surface area (Å²) in [5, 5.41) is 3.43. The molecule has 3 heterocycles. The third-order valence-electron chi connectivity index (χ3n) is 5.68. The fourth-order valence-corrected chi connectivity index (χ4v) is 4.19. The number of carbonyl (C=O) groups is 1. The fourth-order valence-electron chi connectivity index (χ4n) is 4.19. The summed E-state index contributed by atoms with van der Waals surface area (Å²) in [7, 11) is 0. The highest BCUT2D eigenvalue weighted by molar-refractivity contribution is 5.83. The molecule has 0 radical (unpaired) electrons. The van der Waals surface area contributed by atoms with E-state index in [0.29, 0.717) is 5.41 Å². The Bertz CT molecular complexity index is 566. The standard InChI is InChI=1S/C18H24N2O2/c21-17(16-11-14-3-1-2-4-15(14)12-19-16)20-8-5-18(13-20)6-9-22-10-7-18/h1-4,16,19H,5-13H2. The number of ether oxygens (including phenoxy) is 1. The van der Waals surface area contributed by atoms with Crippen LogP contribution in [0, 0.1) is 5.41 Å². The molecule has 0 aromatic heterocycles. The van der Waals surface area contributed by atoms with Crippen molar-refractivity contribution in [2.24, 2.45) is 5.41 Å². The van der Waals surface area contributed by atoms with Crippen LogP contribution in [0.25, 0.3) is 0 Å². The number of hydrogen-bond acceptors (Lipinski definition) is 3. The van der Waals surface area contributed by atoms with Crippen molar-refractivity contribution in [3.05, 3.63) is 35.4 Å². The van der Waals surface area contributed by atoms with Crippen molar-refractivity contribution < 1.29 is 9.53 Å². The Hall–Kier alpha value is -1.39. The normalized spacial score (nSPS) is 26.9. The zero-order chi connectivity index (χ0) is 15.0. The number of carbonyl (C=O) groups excluding carboxylic acids is 1. The van der Waals surface area contributed by atoms with Crippen LogP contribution in [0.5, 0.6) is 0 Å². The predicted octanol–water partition coefficient (Wildman–Crippen LogP) is 1.73. The first-order valence-corrected chi connectivity index (χ1v) is 8.43. The highest BCUT2D eigenvalue weighted by Gasteiger charge is 2.42. The Kier molecular flexibility index (Phi) is 3.66. The van der Waals surface area contributed by atoms with Gasteiger partial charge in [-0.3, -0.25) is 4.79 Å². The van der Waals surface area contributed by atoms with Gasteiger partial charge in [-0.1, -0.05) is 24.3 Å². The van der Waals surface area contributed by atoms with Gasteiger partial charge in [-0.2, -0.15) is 0 Å². The molecule has 1 unspecified atom stereocenters. The Morgan fingerprint density at radius 2 is 1.95 bits per heavy atom. The number of hydrogen-bond donors (Lipinski definition) is 1. The minimum atomic E-state index is -0.0510. The number of fused-ring (bicyclic) bond motifs is 1. The maximum atomic E-state index is 12.9. The number of benzene rings is 1. The maximum absolute atomic E-state index is 12.9. The quantitative estimate of drug-likeness (QED) is 0.859. The molecule has 4 rings (SSSR count). The van der Waals surface area contributed by atoms with E-state index in [1.807, 2.05) is 0 Å². The number of rotatable bonds is 1. The average molecular weight is 300 g/mol. The number of likely N-dealkylation sites (tertiary alicyclic amines) is 1. The van der Waals surface area contributed by atoms with E-state index in [1.54, 1.807) is 0 Å². The van der Waals surface area contributed by atoms with Gasteiger partial charge in [0.2, 0.25) is 5.91 Å². The van der Waals surface area contributed by atoms with Crippen molar-refractivity contribution in [2.45, 2.75) is 38.3 Å². The zero-order valence-electron chi connectivity index (χ0n) is 13.0. The van der Waals surface area contributed by atoms with E-state index < -0.39 is 0 Å². The van der Waals surface area contributed by atoms with Crippen LogP contribution >= 0.6 is 0 Å². The van der Waals surface area contributed by atoms with Crippen LogP contribution in [-0.4, -0.2) is 43.2 Å². The van der Waals surface area contributed by atoms with Gasteiger partial charge in [-0.15, -0.1) is 0 Å². The van der Waals surface area contributed by atoms with Gasteiger partial charge in [0, 0.05) is 32.8 Å². The van der Waals surface area contributed by atoms with Crippen LogP contribution in [0.1, 0.15) is 30.4 Å². The van der Waals surface area contributed by atoms with Crippen LogP contribution in [0.2, 0.25) is 0 Å². The monoisotopic (exact) mass is 300 g/mol. The Morgan fingerprint density at radius 1 is 1.18 bits per heavy atom. The molecule has 4 heteroatoms. The summed E-state index contributed by atoms with van der Waals surface area (Å²) in [4.78, 5) is 15.0. The number of nitrogens with zero attached hydrogens (tertiary/aromatic N) is 1. The van der Waals surface area contributed by atoms with Crippen molar-refractivity contribution in [1.29, 1.82) is 0 Å². The molecule has 3 aliphatic rings. The minimum Gasteiger partial charge on any atom is -0.381 e. The van der Waals surface area contributed by atoms with Crippen LogP contribution < -0.4 is 5.32 Å². The largest absolute Gasteiger partial charge is 0.381 e. The van der Waals surface area contributed by atoms with Gasteiger partial charge in [-0.05, 0) is 42.2 Å². The molecule has 0 aliphatic carbocycles. The van der Waals surface area contributed by atoms with E-state index in [4.69, 9.17) is 4.74 Å². The van der Waals surface area contributed by atoms with Crippen molar-refractivity contribution in [2.75, 3.05) is 26.3 Å². The molecule has 2 fully saturated rings. The summed E-state index contributed by atoms with van der Waals surface area (Å²) >= 11 is 0. The number of amides is 1. The van der Waals surface area contributed by atoms with E-state index in [0.717, 1.165) is 58.5 Å². The molecule has 4 nitrogen and oxygen atoms in total. The van der Waals surface area contributed by atoms with Crippen LogP contribution in [-0.2, 0) is 22.5 Å². The third-order valence-corrected chi connectivity index (χ3v) is 5.68. The lowest BCUT2D eigenvalue weighted by molar-refractivity contribution is -0.133. The van der Waals surface area contributed by atoms with Gasteiger partial charge in [-0.25, -0.2) is 0 Å². The molecule has 0 saturated carbocycles. The molecule has 2 saturated heterocycles. The lowest BCUT2D eigenvalue weighted by Crippen LogP contribution is -2.49. The van der Waals surface area contributed by atoms with E-state index >= 15 is 0 Å². The first-order valence-electron chi connectivity index (χ1n) is 8.43. The van der Waals surface area contributed by atoms with Crippen molar-refractivity contribution in [1.82, 2.24) is 10.2 Å². The average Bonchev–Trinajstić information content (AvgIpc) is 2.98. The number of nitrogens with one attached hydrogen (secondary N) is 1. The third kappa shape index (κ3) is 2.55. The molecule has 1 aromatic rings. The highest BCUT2D eigenvalue weighted by Crippen LogP contribution is 2.40. The van der Waals surface area contributed by atoms with Gasteiger partial charge in [0.15, 0.2) is 0 Å². The molecule has 22 heavy (non-hydrogen) atoms. The molecule has 0 bridgehead atoms. The van der Waals surface area contributed by atoms with Crippen molar-refractivity contribution in [3.63, 3.8) is 0 Å².